The quantitative estimate of drug-likeness (QED) is 0.364. The van der Waals surface area contributed by atoms with E-state index in [9.17, 15) is 15.0 Å². The average molecular weight is 494 g/mol. The maximum absolute atomic E-state index is 11.0. The number of phenols is 1. The molecule has 4 atom stereocenters. The van der Waals surface area contributed by atoms with Gasteiger partial charge in [0.25, 0.3) is 0 Å². The minimum absolute atomic E-state index is 0.00917. The molecular formula is C30H39NO5. The fourth-order valence-corrected chi connectivity index (χ4v) is 5.75. The number of aromatic hydroxyl groups is 1. The number of benzene rings is 2. The van der Waals surface area contributed by atoms with Crippen molar-refractivity contribution in [3.63, 3.8) is 0 Å². The molecule has 0 spiro atoms. The number of aliphatic hydroxyl groups is 1. The van der Waals surface area contributed by atoms with Crippen LogP contribution >= 0.6 is 0 Å². The lowest BCUT2D eigenvalue weighted by Crippen LogP contribution is -2.47. The van der Waals surface area contributed by atoms with Crippen molar-refractivity contribution in [1.29, 1.82) is 0 Å². The summed E-state index contributed by atoms with van der Waals surface area (Å²) in [5, 5.41) is 29.6. The van der Waals surface area contributed by atoms with Crippen molar-refractivity contribution in [2.75, 3.05) is 13.1 Å². The second-order valence-corrected chi connectivity index (χ2v) is 10.1. The van der Waals surface area contributed by atoms with Gasteiger partial charge in [-0.15, -0.1) is 0 Å². The van der Waals surface area contributed by atoms with Crippen LogP contribution in [0.3, 0.4) is 0 Å². The Kier molecular flexibility index (Phi) is 9.56. The molecule has 6 nitrogen and oxygen atoms in total. The molecule has 0 bridgehead atoms. The van der Waals surface area contributed by atoms with Gasteiger partial charge in [-0.1, -0.05) is 55.0 Å². The summed E-state index contributed by atoms with van der Waals surface area (Å²) in [7, 11) is 0. The lowest BCUT2D eigenvalue weighted by molar-refractivity contribution is -0.136. The Morgan fingerprint density at radius 1 is 1.00 bits per heavy atom. The summed E-state index contributed by atoms with van der Waals surface area (Å²) in [4.78, 5) is 13.2. The van der Waals surface area contributed by atoms with Gasteiger partial charge in [-0.3, -0.25) is 9.69 Å². The Morgan fingerprint density at radius 2 is 1.75 bits per heavy atom. The van der Waals surface area contributed by atoms with E-state index in [-0.39, 0.29) is 36.3 Å². The van der Waals surface area contributed by atoms with Crippen LogP contribution in [0, 0.1) is 5.92 Å². The molecule has 4 rings (SSSR count). The van der Waals surface area contributed by atoms with E-state index in [1.54, 1.807) is 12.1 Å². The second-order valence-electron chi connectivity index (χ2n) is 10.1. The van der Waals surface area contributed by atoms with Crippen LogP contribution < -0.4 is 0 Å². The zero-order chi connectivity index (χ0) is 25.3. The van der Waals surface area contributed by atoms with Crippen LogP contribution in [0.4, 0.5) is 0 Å². The number of carboxylic acids is 1. The predicted molar refractivity (Wildman–Crippen MR) is 141 cm³/mol. The van der Waals surface area contributed by atoms with Crippen LogP contribution in [0.15, 0.2) is 60.7 Å². The first kappa shape index (κ1) is 26.4. The highest BCUT2D eigenvalue weighted by molar-refractivity contribution is 5.66. The number of carboxylic acid groups (broad SMARTS) is 1. The van der Waals surface area contributed by atoms with Crippen molar-refractivity contribution in [2.45, 2.75) is 76.2 Å². The summed E-state index contributed by atoms with van der Waals surface area (Å²) in [6.45, 7) is 2.57. The number of allylic oxidation sites excluding steroid dienone is 2. The Bertz CT molecular complexity index is 999. The van der Waals surface area contributed by atoms with Crippen LogP contribution in [0.25, 0.3) is 11.1 Å². The molecule has 4 unspecified atom stereocenters. The average Bonchev–Trinajstić information content (AvgIpc) is 3.20. The van der Waals surface area contributed by atoms with Crippen LogP contribution in [-0.4, -0.2) is 57.5 Å². The van der Waals surface area contributed by atoms with Gasteiger partial charge < -0.3 is 20.1 Å². The first-order chi connectivity index (χ1) is 17.5. The number of piperidine rings is 1. The first-order valence-electron chi connectivity index (χ1n) is 13.3. The maximum Gasteiger partial charge on any atom is 0.303 e. The third kappa shape index (κ3) is 7.19. The van der Waals surface area contributed by atoms with E-state index in [2.05, 4.69) is 23.1 Å². The monoisotopic (exact) mass is 493 g/mol. The Labute approximate surface area is 214 Å². The third-order valence-electron chi connectivity index (χ3n) is 7.55. The lowest BCUT2D eigenvalue weighted by Gasteiger charge is -2.38. The van der Waals surface area contributed by atoms with Gasteiger partial charge in [-0.2, -0.15) is 0 Å². The van der Waals surface area contributed by atoms with Crippen LogP contribution in [-0.2, 0) is 16.1 Å². The zero-order valence-electron chi connectivity index (χ0n) is 21.0. The Balaban J connectivity index is 1.38. The molecule has 0 radical (unpaired) electrons. The van der Waals surface area contributed by atoms with E-state index >= 15 is 0 Å². The molecule has 2 aliphatic rings. The fraction of sp³-hybridized carbons (Fsp3) is 0.500. The molecule has 0 amide bonds. The topological polar surface area (TPSA) is 90.2 Å². The number of ether oxygens (including phenoxy) is 1. The van der Waals surface area contributed by atoms with Gasteiger partial charge in [0.1, 0.15) is 5.75 Å². The zero-order valence-corrected chi connectivity index (χ0v) is 21.0. The van der Waals surface area contributed by atoms with Gasteiger partial charge in [-0.05, 0) is 74.0 Å². The summed E-state index contributed by atoms with van der Waals surface area (Å²) in [5.74, 6) is -0.272. The standard InChI is InChI=1S/C30H39NO5/c32-25-10-8-9-24(19-25)23-15-13-22(14-16-23)21-36-28-20-27(33)30(31-17-6-3-7-18-31)26(28)11-4-1-2-5-12-29(34)35/h1-2,8-10,13-16,19,26-28,30,32-33H,3-7,11-12,17-18,20-21H2,(H,34,35)/b2-1-. The third-order valence-corrected chi connectivity index (χ3v) is 7.55. The molecule has 2 aromatic rings. The van der Waals surface area contributed by atoms with Gasteiger partial charge in [0.15, 0.2) is 0 Å². The van der Waals surface area contributed by atoms with Crippen molar-refractivity contribution >= 4 is 5.97 Å². The Morgan fingerprint density at radius 3 is 2.47 bits per heavy atom. The number of aliphatic hydroxyl groups excluding tert-OH is 1. The van der Waals surface area contributed by atoms with Crippen molar-refractivity contribution in [1.82, 2.24) is 4.90 Å². The molecule has 2 aromatic carbocycles. The fourth-order valence-electron chi connectivity index (χ4n) is 5.75. The van der Waals surface area contributed by atoms with Gasteiger partial charge in [0.05, 0.1) is 18.8 Å². The van der Waals surface area contributed by atoms with E-state index < -0.39 is 5.97 Å². The second kappa shape index (κ2) is 13.0. The predicted octanol–water partition coefficient (Wildman–Crippen LogP) is 5.38. The van der Waals surface area contributed by atoms with E-state index in [0.717, 1.165) is 42.6 Å². The minimum Gasteiger partial charge on any atom is -0.508 e. The Hall–Kier alpha value is -2.67. The summed E-state index contributed by atoms with van der Waals surface area (Å²) in [5.41, 5.74) is 3.10. The van der Waals surface area contributed by atoms with E-state index in [0.29, 0.717) is 19.4 Å². The molecule has 2 fully saturated rings. The molecule has 1 saturated carbocycles. The number of rotatable bonds is 11. The highest BCUT2D eigenvalue weighted by Gasteiger charge is 2.45. The molecular weight excluding hydrogens is 454 g/mol. The molecule has 194 valence electrons. The van der Waals surface area contributed by atoms with Crippen molar-refractivity contribution in [3.8, 4) is 16.9 Å². The smallest absolute Gasteiger partial charge is 0.303 e. The molecule has 3 N–H and O–H groups in total. The van der Waals surface area contributed by atoms with Gasteiger partial charge >= 0.3 is 5.97 Å². The summed E-state index contributed by atoms with van der Waals surface area (Å²) < 4.78 is 6.44. The minimum atomic E-state index is -0.771. The molecule has 6 heteroatoms. The van der Waals surface area contributed by atoms with Crippen molar-refractivity contribution in [3.05, 3.63) is 66.2 Å². The molecule has 1 saturated heterocycles. The molecule has 1 heterocycles. The van der Waals surface area contributed by atoms with Crippen LogP contribution in [0.1, 0.15) is 56.9 Å². The SMILES string of the molecule is O=C(O)CC/C=C\CCC1C(OCc2ccc(-c3cccc(O)c3)cc2)CC(O)C1N1CCCCC1. The molecule has 1 aliphatic carbocycles. The van der Waals surface area contributed by atoms with E-state index in [1.165, 1.54) is 19.3 Å². The number of likely N-dealkylation sites (tertiary alicyclic amines) is 1. The molecule has 36 heavy (non-hydrogen) atoms. The maximum atomic E-state index is 11.0. The van der Waals surface area contributed by atoms with E-state index in [1.807, 2.05) is 30.3 Å². The van der Waals surface area contributed by atoms with Crippen LogP contribution in [0.5, 0.6) is 5.75 Å². The molecule has 1 aliphatic heterocycles. The largest absolute Gasteiger partial charge is 0.508 e. The van der Waals surface area contributed by atoms with Gasteiger partial charge in [0.2, 0.25) is 0 Å². The number of hydrogen-bond donors (Lipinski definition) is 3. The summed E-state index contributed by atoms with van der Waals surface area (Å²) >= 11 is 0. The number of hydrogen-bond acceptors (Lipinski definition) is 5. The van der Waals surface area contributed by atoms with Gasteiger partial charge in [0, 0.05) is 24.8 Å². The lowest BCUT2D eigenvalue weighted by atomic mass is 9.92. The van der Waals surface area contributed by atoms with Crippen molar-refractivity contribution in [2.24, 2.45) is 5.92 Å². The van der Waals surface area contributed by atoms with Gasteiger partial charge in [-0.25, -0.2) is 0 Å². The number of carbonyl (C=O) groups is 1. The molecule has 0 aromatic heterocycles. The number of nitrogens with zero attached hydrogens (tertiary/aromatic N) is 1. The normalized spacial score (nSPS) is 24.9. The van der Waals surface area contributed by atoms with Crippen molar-refractivity contribution < 1.29 is 24.9 Å². The summed E-state index contributed by atoms with van der Waals surface area (Å²) in [6.07, 6.45) is 10.4. The first-order valence-corrected chi connectivity index (χ1v) is 13.3. The highest BCUT2D eigenvalue weighted by Crippen LogP contribution is 2.38. The number of phenolic OH excluding ortho intramolecular Hbond substituents is 1. The summed E-state index contributed by atoms with van der Waals surface area (Å²) in [6, 6.07) is 15.6. The number of aliphatic carboxylic acids is 1. The highest BCUT2D eigenvalue weighted by atomic mass is 16.5. The van der Waals surface area contributed by atoms with Crippen LogP contribution in [0.2, 0.25) is 0 Å². The van der Waals surface area contributed by atoms with E-state index in [4.69, 9.17) is 9.84 Å².